The Kier molecular flexibility index (Phi) is 7.32. The summed E-state index contributed by atoms with van der Waals surface area (Å²) in [6.07, 6.45) is -15.2. The molecule has 0 aromatic heterocycles. The van der Waals surface area contributed by atoms with Crippen molar-refractivity contribution in [1.82, 2.24) is 0 Å². The van der Waals surface area contributed by atoms with Gasteiger partial charge in [0, 0.05) is 0 Å². The molecule has 0 rings (SSSR count). The van der Waals surface area contributed by atoms with Gasteiger partial charge in [-0.25, -0.2) is 4.79 Å². The Bertz CT molecular complexity index is 300. The molecule has 0 saturated heterocycles. The predicted molar refractivity (Wildman–Crippen MR) is 56.8 cm³/mol. The first-order valence-corrected chi connectivity index (χ1v) is 6.02. The lowest BCUT2D eigenvalue weighted by Crippen LogP contribution is -2.43. The zero-order valence-electron chi connectivity index (χ0n) is 10.7. The molecule has 0 aliphatic rings. The number of ether oxygens (including phenoxy) is 1. The summed E-state index contributed by atoms with van der Waals surface area (Å²) in [6, 6.07) is 0. The molecule has 0 heterocycles. The number of aliphatic hydroxyl groups excluding tert-OH is 1. The Balaban J connectivity index is 4.55. The number of hydrogen-bond donors (Lipinski definition) is 1. The van der Waals surface area contributed by atoms with Crippen LogP contribution in [0.5, 0.6) is 0 Å². The first kappa shape index (κ1) is 19.0. The third-order valence-corrected chi connectivity index (χ3v) is 2.48. The van der Waals surface area contributed by atoms with Crippen LogP contribution < -0.4 is 0 Å². The molecule has 120 valence electrons. The minimum Gasteiger partial charge on any atom is -0.451 e. The average Bonchev–Trinajstić information content (AvgIpc) is 2.29. The molecular formula is C11H16F6O3. The van der Waals surface area contributed by atoms with Crippen molar-refractivity contribution in [2.24, 2.45) is 0 Å². The van der Waals surface area contributed by atoms with Crippen molar-refractivity contribution in [1.29, 1.82) is 0 Å². The second-order valence-corrected chi connectivity index (χ2v) is 4.26. The molecule has 0 aromatic carbocycles. The Morgan fingerprint density at radius 1 is 1.05 bits per heavy atom. The van der Waals surface area contributed by atoms with Gasteiger partial charge in [0.2, 0.25) is 6.10 Å². The van der Waals surface area contributed by atoms with E-state index in [0.717, 1.165) is 6.42 Å². The molecule has 0 spiro atoms. The van der Waals surface area contributed by atoms with E-state index in [2.05, 4.69) is 4.74 Å². The van der Waals surface area contributed by atoms with Gasteiger partial charge in [0.15, 0.2) is 6.10 Å². The summed E-state index contributed by atoms with van der Waals surface area (Å²) >= 11 is 0. The number of unbranched alkanes of at least 4 members (excludes halogenated alkanes) is 3. The van der Waals surface area contributed by atoms with Gasteiger partial charge in [-0.15, -0.1) is 0 Å². The number of carbonyl (C=O) groups excluding carboxylic acids is 1. The van der Waals surface area contributed by atoms with Crippen molar-refractivity contribution in [3.63, 3.8) is 0 Å². The van der Waals surface area contributed by atoms with Crippen molar-refractivity contribution in [2.75, 3.05) is 0 Å². The summed E-state index contributed by atoms with van der Waals surface area (Å²) in [6.45, 7) is 1.83. The molecule has 0 amide bonds. The first-order valence-electron chi connectivity index (χ1n) is 6.02. The van der Waals surface area contributed by atoms with E-state index in [4.69, 9.17) is 5.11 Å². The van der Waals surface area contributed by atoms with Gasteiger partial charge < -0.3 is 9.84 Å². The normalized spacial score (nSPS) is 15.8. The lowest BCUT2D eigenvalue weighted by molar-refractivity contribution is -0.247. The third-order valence-electron chi connectivity index (χ3n) is 2.48. The van der Waals surface area contributed by atoms with E-state index in [0.29, 0.717) is 12.8 Å². The summed E-state index contributed by atoms with van der Waals surface area (Å²) in [5.41, 5.74) is 0. The van der Waals surface area contributed by atoms with E-state index >= 15 is 0 Å². The first-order chi connectivity index (χ1) is 9.00. The minimum absolute atomic E-state index is 0.0629. The monoisotopic (exact) mass is 310 g/mol. The molecule has 0 fully saturated rings. The van der Waals surface area contributed by atoms with Gasteiger partial charge in [-0.2, -0.15) is 26.3 Å². The molecule has 3 nitrogen and oxygen atoms in total. The van der Waals surface area contributed by atoms with E-state index in [1.807, 2.05) is 6.92 Å². The van der Waals surface area contributed by atoms with Crippen LogP contribution in [0.15, 0.2) is 0 Å². The van der Waals surface area contributed by atoms with E-state index in [9.17, 15) is 31.1 Å². The van der Waals surface area contributed by atoms with E-state index in [-0.39, 0.29) is 6.42 Å². The fourth-order valence-electron chi connectivity index (χ4n) is 1.38. The largest absolute Gasteiger partial charge is 0.451 e. The van der Waals surface area contributed by atoms with Gasteiger partial charge in [0.25, 0.3) is 0 Å². The molecule has 0 radical (unpaired) electrons. The van der Waals surface area contributed by atoms with Crippen molar-refractivity contribution in [3.8, 4) is 0 Å². The zero-order valence-corrected chi connectivity index (χ0v) is 10.7. The van der Waals surface area contributed by atoms with Gasteiger partial charge >= 0.3 is 18.3 Å². The molecule has 9 heteroatoms. The fourth-order valence-corrected chi connectivity index (χ4v) is 1.38. The third kappa shape index (κ3) is 6.97. The van der Waals surface area contributed by atoms with Crippen molar-refractivity contribution >= 4 is 5.97 Å². The highest BCUT2D eigenvalue weighted by atomic mass is 19.4. The lowest BCUT2D eigenvalue weighted by Gasteiger charge is -2.22. The van der Waals surface area contributed by atoms with Crippen LogP contribution in [-0.4, -0.2) is 35.6 Å². The maximum atomic E-state index is 12.5. The number of hydrogen-bond acceptors (Lipinski definition) is 3. The maximum absolute atomic E-state index is 12.5. The highest BCUT2D eigenvalue weighted by Crippen LogP contribution is 2.29. The molecule has 0 bridgehead atoms. The van der Waals surface area contributed by atoms with Crippen LogP contribution in [0.2, 0.25) is 0 Å². The molecule has 2 atom stereocenters. The second kappa shape index (κ2) is 7.70. The van der Waals surface area contributed by atoms with Crippen LogP contribution in [0.3, 0.4) is 0 Å². The van der Waals surface area contributed by atoms with Crippen LogP contribution in [-0.2, 0) is 9.53 Å². The smallest absolute Gasteiger partial charge is 0.425 e. The standard InChI is InChI=1S/C11H16F6O3/c1-2-3-4-5-6-7(10(12,13)14)20-9(19)8(18)11(15,16)17/h7-8,18H,2-6H2,1H3/t7?,8-/m0/s1. The van der Waals surface area contributed by atoms with Crippen LogP contribution in [0, 0.1) is 0 Å². The Morgan fingerprint density at radius 3 is 2.00 bits per heavy atom. The second-order valence-electron chi connectivity index (χ2n) is 4.26. The van der Waals surface area contributed by atoms with Crippen LogP contribution in [0.1, 0.15) is 39.0 Å². The van der Waals surface area contributed by atoms with Crippen LogP contribution in [0.25, 0.3) is 0 Å². The van der Waals surface area contributed by atoms with Crippen molar-refractivity contribution in [2.45, 2.75) is 63.6 Å². The number of alkyl halides is 6. The zero-order chi connectivity index (χ0) is 16.0. The molecule has 20 heavy (non-hydrogen) atoms. The van der Waals surface area contributed by atoms with Gasteiger partial charge in [0.1, 0.15) is 0 Å². The number of aliphatic hydroxyl groups is 1. The summed E-state index contributed by atoms with van der Waals surface area (Å²) in [7, 11) is 0. The molecule has 0 aliphatic carbocycles. The summed E-state index contributed by atoms with van der Waals surface area (Å²) in [5, 5.41) is 8.51. The van der Waals surface area contributed by atoms with Gasteiger partial charge in [-0.3, -0.25) is 0 Å². The summed E-state index contributed by atoms with van der Waals surface area (Å²) in [5.74, 6) is -2.34. The number of carbonyl (C=O) groups is 1. The highest BCUT2D eigenvalue weighted by Gasteiger charge is 2.49. The van der Waals surface area contributed by atoms with Crippen molar-refractivity contribution in [3.05, 3.63) is 0 Å². The topological polar surface area (TPSA) is 46.5 Å². The summed E-state index contributed by atoms with van der Waals surface area (Å²) in [4.78, 5) is 10.8. The fraction of sp³-hybridized carbons (Fsp3) is 0.909. The molecular weight excluding hydrogens is 294 g/mol. The Hall–Kier alpha value is -0.990. The summed E-state index contributed by atoms with van der Waals surface area (Å²) < 4.78 is 77.2. The van der Waals surface area contributed by atoms with E-state index < -0.39 is 37.0 Å². The maximum Gasteiger partial charge on any atom is 0.425 e. The Labute approximate surface area is 111 Å². The van der Waals surface area contributed by atoms with Crippen LogP contribution >= 0.6 is 0 Å². The quantitative estimate of drug-likeness (QED) is 0.445. The SMILES string of the molecule is CCCCCCC(OC(=O)[C@H](O)C(F)(F)F)C(F)(F)F. The van der Waals surface area contributed by atoms with E-state index in [1.54, 1.807) is 0 Å². The average molecular weight is 310 g/mol. The molecule has 0 aliphatic heterocycles. The molecule has 1 N–H and O–H groups in total. The molecule has 1 unspecified atom stereocenters. The minimum atomic E-state index is -5.35. The van der Waals surface area contributed by atoms with Crippen LogP contribution in [0.4, 0.5) is 26.3 Å². The predicted octanol–water partition coefficient (Wildman–Crippen LogP) is 3.35. The van der Waals surface area contributed by atoms with Gasteiger partial charge in [-0.05, 0) is 12.8 Å². The molecule has 0 saturated carbocycles. The number of halogens is 6. The molecule has 0 aromatic rings. The number of esters is 1. The Morgan fingerprint density at radius 2 is 1.60 bits per heavy atom. The van der Waals surface area contributed by atoms with Gasteiger partial charge in [-0.1, -0.05) is 26.2 Å². The lowest BCUT2D eigenvalue weighted by atomic mass is 10.1. The number of rotatable bonds is 7. The highest BCUT2D eigenvalue weighted by molar-refractivity contribution is 5.75. The van der Waals surface area contributed by atoms with Gasteiger partial charge in [0.05, 0.1) is 0 Å². The van der Waals surface area contributed by atoms with E-state index in [1.165, 1.54) is 0 Å². The van der Waals surface area contributed by atoms with Crippen molar-refractivity contribution < 1.29 is 41.0 Å².